The van der Waals surface area contributed by atoms with Crippen LogP contribution in [0.2, 0.25) is 0 Å². The maximum atomic E-state index is 5.54. The normalized spacial score (nSPS) is 27.9. The molecule has 0 amide bonds. The smallest absolute Gasteiger partial charge is 0.389 e. The Kier molecular flexibility index (Phi) is 4.19. The van der Waals surface area contributed by atoms with E-state index in [9.17, 15) is 0 Å². The van der Waals surface area contributed by atoms with Gasteiger partial charge in [-0.1, -0.05) is 0 Å². The first-order valence-corrected chi connectivity index (χ1v) is 4.51. The summed E-state index contributed by atoms with van der Waals surface area (Å²) in [6.07, 6.45) is 2.14. The van der Waals surface area contributed by atoms with E-state index < -0.39 is 7.32 Å². The van der Waals surface area contributed by atoms with Crippen LogP contribution < -0.4 is 0 Å². The molecule has 0 saturated carbocycles. The van der Waals surface area contributed by atoms with Gasteiger partial charge < -0.3 is 18.7 Å². The molecular weight excluding hydrogens is 171 g/mol. The second kappa shape index (κ2) is 4.95. The van der Waals surface area contributed by atoms with Crippen molar-refractivity contribution in [3.8, 4) is 0 Å². The lowest BCUT2D eigenvalue weighted by molar-refractivity contribution is -0.0314. The molecule has 1 aliphatic heterocycles. The molecule has 1 aliphatic rings. The Hall–Kier alpha value is -0.0951. The fourth-order valence-corrected chi connectivity index (χ4v) is 1.43. The van der Waals surface area contributed by atoms with Crippen LogP contribution in [0.1, 0.15) is 19.8 Å². The van der Waals surface area contributed by atoms with Crippen molar-refractivity contribution in [2.24, 2.45) is 0 Å². The molecule has 5 heteroatoms. The molecule has 1 atom stereocenters. The molecule has 1 heterocycles. The Bertz CT molecular complexity index is 143. The van der Waals surface area contributed by atoms with Crippen molar-refractivity contribution in [3.05, 3.63) is 0 Å². The summed E-state index contributed by atoms with van der Waals surface area (Å²) in [6, 6.07) is 0. The van der Waals surface area contributed by atoms with E-state index in [2.05, 4.69) is 0 Å². The summed E-state index contributed by atoms with van der Waals surface area (Å²) < 4.78 is 20.7. The quantitative estimate of drug-likeness (QED) is 0.599. The van der Waals surface area contributed by atoms with Gasteiger partial charge in [-0.2, -0.15) is 0 Å². The monoisotopic (exact) mass is 188 g/mol. The zero-order valence-electron chi connectivity index (χ0n) is 8.54. The van der Waals surface area contributed by atoms with Crippen molar-refractivity contribution in [1.29, 1.82) is 0 Å². The third kappa shape index (κ3) is 3.27. The number of hydrogen-bond acceptors (Lipinski definition) is 4. The number of ether oxygens (including phenoxy) is 1. The van der Waals surface area contributed by atoms with E-state index in [0.29, 0.717) is 6.61 Å². The van der Waals surface area contributed by atoms with Crippen LogP contribution in [0.15, 0.2) is 0 Å². The van der Waals surface area contributed by atoms with E-state index in [1.807, 2.05) is 6.92 Å². The number of rotatable bonds is 5. The first kappa shape index (κ1) is 11.0. The minimum Gasteiger partial charge on any atom is -0.389 e. The topological polar surface area (TPSA) is 36.9 Å². The molecule has 0 radical (unpaired) electrons. The van der Waals surface area contributed by atoms with E-state index in [-0.39, 0.29) is 5.60 Å². The molecule has 0 aromatic rings. The first-order chi connectivity index (χ1) is 6.20. The summed E-state index contributed by atoms with van der Waals surface area (Å²) in [5, 5.41) is 0. The standard InChI is InChI=1S/C8H17BO4/c1-8(5-4-6-12-8)7-13-9(10-2)11-3/h4-7H2,1-3H3. The minimum absolute atomic E-state index is 0.157. The van der Waals surface area contributed by atoms with E-state index in [4.69, 9.17) is 18.7 Å². The van der Waals surface area contributed by atoms with Crippen molar-refractivity contribution < 1.29 is 18.7 Å². The highest BCUT2D eigenvalue weighted by atomic mass is 16.7. The van der Waals surface area contributed by atoms with Gasteiger partial charge in [-0.25, -0.2) is 0 Å². The fourth-order valence-electron chi connectivity index (χ4n) is 1.43. The number of hydrogen-bond donors (Lipinski definition) is 0. The van der Waals surface area contributed by atoms with Gasteiger partial charge in [0.25, 0.3) is 0 Å². The molecule has 1 unspecified atom stereocenters. The van der Waals surface area contributed by atoms with Gasteiger partial charge >= 0.3 is 7.32 Å². The fraction of sp³-hybridized carbons (Fsp3) is 1.00. The predicted molar refractivity (Wildman–Crippen MR) is 49.3 cm³/mol. The third-order valence-corrected chi connectivity index (χ3v) is 2.21. The molecule has 0 aromatic carbocycles. The van der Waals surface area contributed by atoms with Crippen LogP contribution in [0.3, 0.4) is 0 Å². The largest absolute Gasteiger partial charge is 0.639 e. The molecule has 1 saturated heterocycles. The van der Waals surface area contributed by atoms with E-state index >= 15 is 0 Å². The zero-order valence-corrected chi connectivity index (χ0v) is 8.54. The lowest BCUT2D eigenvalue weighted by Gasteiger charge is -2.23. The van der Waals surface area contributed by atoms with E-state index in [1.165, 1.54) is 0 Å². The average Bonchev–Trinajstić information content (AvgIpc) is 2.55. The van der Waals surface area contributed by atoms with Crippen LogP contribution in [0, 0.1) is 0 Å². The molecule has 1 fully saturated rings. The lowest BCUT2D eigenvalue weighted by Crippen LogP contribution is -2.35. The summed E-state index contributed by atoms with van der Waals surface area (Å²) in [5.41, 5.74) is -0.157. The molecule has 0 aromatic heterocycles. The summed E-state index contributed by atoms with van der Waals surface area (Å²) in [5.74, 6) is 0. The summed E-state index contributed by atoms with van der Waals surface area (Å²) in [4.78, 5) is 0. The first-order valence-electron chi connectivity index (χ1n) is 4.51. The maximum Gasteiger partial charge on any atom is 0.639 e. The van der Waals surface area contributed by atoms with E-state index in [1.54, 1.807) is 14.2 Å². The summed E-state index contributed by atoms with van der Waals surface area (Å²) >= 11 is 0. The van der Waals surface area contributed by atoms with Crippen LogP contribution in [0.5, 0.6) is 0 Å². The molecule has 0 spiro atoms. The van der Waals surface area contributed by atoms with Crippen molar-refractivity contribution in [3.63, 3.8) is 0 Å². The Morgan fingerprint density at radius 2 is 2.08 bits per heavy atom. The van der Waals surface area contributed by atoms with Gasteiger partial charge in [0.15, 0.2) is 0 Å². The molecular formula is C8H17BO4. The second-order valence-corrected chi connectivity index (χ2v) is 3.47. The Labute approximate surface area is 79.7 Å². The summed E-state index contributed by atoms with van der Waals surface area (Å²) in [7, 11) is 2.51. The molecule has 4 nitrogen and oxygen atoms in total. The Morgan fingerprint density at radius 3 is 2.54 bits per heavy atom. The minimum atomic E-state index is -0.582. The second-order valence-electron chi connectivity index (χ2n) is 3.47. The van der Waals surface area contributed by atoms with Gasteiger partial charge in [0, 0.05) is 20.8 Å². The SMILES string of the molecule is COB(OC)OCC1(C)CCCO1. The molecule has 13 heavy (non-hydrogen) atoms. The van der Waals surface area contributed by atoms with Crippen molar-refractivity contribution in [2.45, 2.75) is 25.4 Å². The predicted octanol–water partition coefficient (Wildman–Crippen LogP) is 0.850. The highest BCUT2D eigenvalue weighted by Crippen LogP contribution is 2.25. The highest BCUT2D eigenvalue weighted by Gasteiger charge is 2.32. The van der Waals surface area contributed by atoms with Crippen LogP contribution in [-0.4, -0.2) is 40.4 Å². The zero-order chi connectivity index (χ0) is 9.73. The van der Waals surface area contributed by atoms with Crippen molar-refractivity contribution >= 4 is 7.32 Å². The molecule has 0 aliphatic carbocycles. The molecule has 0 bridgehead atoms. The lowest BCUT2D eigenvalue weighted by atomic mass is 10.0. The van der Waals surface area contributed by atoms with Gasteiger partial charge in [0.05, 0.1) is 12.2 Å². The van der Waals surface area contributed by atoms with Crippen LogP contribution >= 0.6 is 0 Å². The van der Waals surface area contributed by atoms with Crippen molar-refractivity contribution in [2.75, 3.05) is 27.4 Å². The van der Waals surface area contributed by atoms with Gasteiger partial charge in [-0.05, 0) is 19.8 Å². The molecule has 1 rings (SSSR count). The maximum absolute atomic E-state index is 5.54. The van der Waals surface area contributed by atoms with E-state index in [0.717, 1.165) is 19.4 Å². The van der Waals surface area contributed by atoms with Crippen LogP contribution in [0.25, 0.3) is 0 Å². The van der Waals surface area contributed by atoms with Gasteiger partial charge in [-0.3, -0.25) is 0 Å². The van der Waals surface area contributed by atoms with Gasteiger partial charge in [-0.15, -0.1) is 0 Å². The van der Waals surface area contributed by atoms with Crippen LogP contribution in [-0.2, 0) is 18.7 Å². The average molecular weight is 188 g/mol. The van der Waals surface area contributed by atoms with Crippen LogP contribution in [0.4, 0.5) is 0 Å². The van der Waals surface area contributed by atoms with Gasteiger partial charge in [0.1, 0.15) is 0 Å². The highest BCUT2D eigenvalue weighted by molar-refractivity contribution is 6.36. The Balaban J connectivity index is 2.23. The van der Waals surface area contributed by atoms with Gasteiger partial charge in [0.2, 0.25) is 0 Å². The molecule has 0 N–H and O–H groups in total. The third-order valence-electron chi connectivity index (χ3n) is 2.21. The molecule has 76 valence electrons. The Morgan fingerprint density at radius 1 is 1.38 bits per heavy atom. The summed E-state index contributed by atoms with van der Waals surface area (Å²) in [6.45, 7) is 3.38. The van der Waals surface area contributed by atoms with Crippen molar-refractivity contribution in [1.82, 2.24) is 0 Å².